The van der Waals surface area contributed by atoms with Crippen molar-refractivity contribution in [2.24, 2.45) is 5.92 Å². The van der Waals surface area contributed by atoms with Gasteiger partial charge in [-0.2, -0.15) is 0 Å². The summed E-state index contributed by atoms with van der Waals surface area (Å²) in [5.74, 6) is 2.59. The third-order valence-electron chi connectivity index (χ3n) is 3.69. The number of nitrogens with one attached hydrogen (secondary N) is 1. The normalized spacial score (nSPS) is 28.6. The highest BCUT2D eigenvalue weighted by Crippen LogP contribution is 2.45. The molecule has 0 saturated heterocycles. The summed E-state index contributed by atoms with van der Waals surface area (Å²) in [5, 5.41) is 0. The zero-order valence-corrected chi connectivity index (χ0v) is 9.86. The second-order valence-electron chi connectivity index (χ2n) is 4.91. The molecule has 80 valence electrons. The van der Waals surface area contributed by atoms with Gasteiger partial charge in [0.1, 0.15) is 10.5 Å². The van der Waals surface area contributed by atoms with Gasteiger partial charge in [0.2, 0.25) is 0 Å². The van der Waals surface area contributed by atoms with Gasteiger partial charge < -0.3 is 4.98 Å². The van der Waals surface area contributed by atoms with Crippen LogP contribution in [0.5, 0.6) is 0 Å². The van der Waals surface area contributed by atoms with Crippen molar-refractivity contribution in [3.63, 3.8) is 0 Å². The van der Waals surface area contributed by atoms with Gasteiger partial charge in [-0.1, -0.05) is 19.1 Å². The Morgan fingerprint density at radius 1 is 1.33 bits per heavy atom. The Balaban J connectivity index is 2.05. The van der Waals surface area contributed by atoms with Crippen molar-refractivity contribution in [2.45, 2.75) is 44.9 Å². The summed E-state index contributed by atoms with van der Waals surface area (Å²) >= 11 is 5.38. The van der Waals surface area contributed by atoms with Gasteiger partial charge in [-0.05, 0) is 38.0 Å². The average Bonchev–Trinajstić information content (AvgIpc) is 2.96. The van der Waals surface area contributed by atoms with Crippen LogP contribution >= 0.6 is 12.2 Å². The number of aromatic amines is 1. The molecule has 2 nitrogen and oxygen atoms in total. The van der Waals surface area contributed by atoms with E-state index in [0.29, 0.717) is 5.92 Å². The van der Waals surface area contributed by atoms with E-state index in [1.54, 1.807) is 0 Å². The number of hydrogen-bond donors (Lipinski definition) is 1. The molecule has 1 aromatic rings. The number of aryl methyl sites for hydroxylation is 1. The molecule has 15 heavy (non-hydrogen) atoms. The van der Waals surface area contributed by atoms with E-state index in [0.717, 1.165) is 29.2 Å². The quantitative estimate of drug-likeness (QED) is 0.737. The Kier molecular flexibility index (Phi) is 2.16. The predicted molar refractivity (Wildman–Crippen MR) is 62.6 cm³/mol. The molecule has 0 radical (unpaired) electrons. The van der Waals surface area contributed by atoms with Crippen molar-refractivity contribution in [3.05, 3.63) is 21.7 Å². The minimum Gasteiger partial charge on any atom is -0.347 e. The van der Waals surface area contributed by atoms with E-state index in [-0.39, 0.29) is 0 Å². The molecule has 1 N–H and O–H groups in total. The molecule has 2 aliphatic carbocycles. The van der Waals surface area contributed by atoms with Gasteiger partial charge in [0.25, 0.3) is 0 Å². The van der Waals surface area contributed by atoms with Crippen LogP contribution in [0.4, 0.5) is 0 Å². The van der Waals surface area contributed by atoms with Crippen molar-refractivity contribution in [2.75, 3.05) is 0 Å². The zero-order valence-electron chi connectivity index (χ0n) is 9.05. The van der Waals surface area contributed by atoms with Crippen LogP contribution in [-0.2, 0) is 12.8 Å². The second-order valence-corrected chi connectivity index (χ2v) is 5.30. The summed E-state index contributed by atoms with van der Waals surface area (Å²) in [4.78, 5) is 8.08. The van der Waals surface area contributed by atoms with Crippen LogP contribution in [0, 0.1) is 10.6 Å². The fourth-order valence-electron chi connectivity index (χ4n) is 2.52. The minimum atomic E-state index is 0.652. The summed E-state index contributed by atoms with van der Waals surface area (Å²) < 4.78 is 0.859. The molecule has 3 rings (SSSR count). The van der Waals surface area contributed by atoms with E-state index < -0.39 is 0 Å². The van der Waals surface area contributed by atoms with Gasteiger partial charge >= 0.3 is 0 Å². The molecule has 0 aliphatic heterocycles. The number of rotatable bonds is 1. The lowest BCUT2D eigenvalue weighted by atomic mass is 9.97. The first-order valence-electron chi connectivity index (χ1n) is 5.87. The van der Waals surface area contributed by atoms with E-state index in [2.05, 4.69) is 16.9 Å². The molecule has 1 aromatic heterocycles. The van der Waals surface area contributed by atoms with Crippen LogP contribution < -0.4 is 0 Å². The SMILES string of the molecule is CC1CC1c1nc(=S)c2c([nH]1)CCCC2. The lowest BCUT2D eigenvalue weighted by Crippen LogP contribution is -2.10. The van der Waals surface area contributed by atoms with Crippen molar-refractivity contribution in [3.8, 4) is 0 Å². The van der Waals surface area contributed by atoms with Gasteiger partial charge in [-0.15, -0.1) is 0 Å². The van der Waals surface area contributed by atoms with Crippen LogP contribution in [-0.4, -0.2) is 9.97 Å². The molecule has 2 aliphatic rings. The van der Waals surface area contributed by atoms with Crippen LogP contribution in [0.3, 0.4) is 0 Å². The summed E-state index contributed by atoms with van der Waals surface area (Å²) in [6.07, 6.45) is 6.12. The van der Waals surface area contributed by atoms with E-state index in [9.17, 15) is 0 Å². The average molecular weight is 220 g/mol. The zero-order chi connectivity index (χ0) is 10.4. The lowest BCUT2D eigenvalue weighted by molar-refractivity contribution is 0.648. The first kappa shape index (κ1) is 9.52. The van der Waals surface area contributed by atoms with Crippen LogP contribution in [0.15, 0.2) is 0 Å². The number of fused-ring (bicyclic) bond motifs is 1. The van der Waals surface area contributed by atoms with Gasteiger partial charge in [0.15, 0.2) is 0 Å². The number of nitrogens with zero attached hydrogens (tertiary/aromatic N) is 1. The third kappa shape index (κ3) is 1.63. The Morgan fingerprint density at radius 2 is 2.07 bits per heavy atom. The molecule has 2 atom stereocenters. The number of hydrogen-bond acceptors (Lipinski definition) is 2. The Bertz CT molecular complexity index is 449. The maximum Gasteiger partial charge on any atom is 0.133 e. The van der Waals surface area contributed by atoms with Crippen molar-refractivity contribution in [1.82, 2.24) is 9.97 Å². The maximum absolute atomic E-state index is 5.38. The summed E-state index contributed by atoms with van der Waals surface area (Å²) in [6.45, 7) is 2.28. The first-order chi connectivity index (χ1) is 7.25. The number of H-pyrrole nitrogens is 1. The first-order valence-corrected chi connectivity index (χ1v) is 6.28. The second kappa shape index (κ2) is 3.41. The lowest BCUT2D eigenvalue weighted by Gasteiger charge is -2.16. The van der Waals surface area contributed by atoms with Crippen LogP contribution in [0.25, 0.3) is 0 Å². The largest absolute Gasteiger partial charge is 0.347 e. The molecule has 0 spiro atoms. The van der Waals surface area contributed by atoms with Gasteiger partial charge in [-0.25, -0.2) is 4.98 Å². The van der Waals surface area contributed by atoms with E-state index in [1.807, 2.05) is 0 Å². The summed E-state index contributed by atoms with van der Waals surface area (Å²) in [6, 6.07) is 0. The molecule has 2 unspecified atom stereocenters. The van der Waals surface area contributed by atoms with Gasteiger partial charge in [0.05, 0.1) is 0 Å². The molecule has 1 fully saturated rings. The van der Waals surface area contributed by atoms with Crippen molar-refractivity contribution >= 4 is 12.2 Å². The van der Waals surface area contributed by atoms with E-state index in [4.69, 9.17) is 12.2 Å². The van der Waals surface area contributed by atoms with Crippen LogP contribution in [0.1, 0.15) is 49.2 Å². The molecule has 0 amide bonds. The standard InChI is InChI=1S/C12H16N2S/c1-7-6-9(7)11-13-10-5-3-2-4-8(10)12(15)14-11/h7,9H,2-6H2,1H3,(H,13,14,15). The topological polar surface area (TPSA) is 28.7 Å². The number of aromatic nitrogens is 2. The highest BCUT2D eigenvalue weighted by molar-refractivity contribution is 7.71. The minimum absolute atomic E-state index is 0.652. The fraction of sp³-hybridized carbons (Fsp3) is 0.667. The molecular weight excluding hydrogens is 204 g/mol. The molecule has 1 heterocycles. The highest BCUT2D eigenvalue weighted by atomic mass is 32.1. The summed E-state index contributed by atoms with van der Waals surface area (Å²) in [7, 11) is 0. The monoisotopic (exact) mass is 220 g/mol. The summed E-state index contributed by atoms with van der Waals surface area (Å²) in [5.41, 5.74) is 2.68. The molecule has 0 bridgehead atoms. The Morgan fingerprint density at radius 3 is 2.80 bits per heavy atom. The van der Waals surface area contributed by atoms with E-state index in [1.165, 1.54) is 30.5 Å². The molecule has 0 aromatic carbocycles. The molecule has 3 heteroatoms. The van der Waals surface area contributed by atoms with Gasteiger partial charge in [0, 0.05) is 17.2 Å². The van der Waals surface area contributed by atoms with Crippen LogP contribution in [0.2, 0.25) is 0 Å². The highest BCUT2D eigenvalue weighted by Gasteiger charge is 2.36. The molecule has 1 saturated carbocycles. The van der Waals surface area contributed by atoms with Crippen molar-refractivity contribution in [1.29, 1.82) is 0 Å². The smallest absolute Gasteiger partial charge is 0.133 e. The molecular formula is C12H16N2S. The Labute approximate surface area is 95.1 Å². The maximum atomic E-state index is 5.38. The predicted octanol–water partition coefficient (Wildman–Crippen LogP) is 3.14. The Hall–Kier alpha value is -0.700. The third-order valence-corrected chi connectivity index (χ3v) is 4.03. The van der Waals surface area contributed by atoms with E-state index >= 15 is 0 Å². The van der Waals surface area contributed by atoms with Gasteiger partial charge in [-0.3, -0.25) is 0 Å². The van der Waals surface area contributed by atoms with Crippen molar-refractivity contribution < 1.29 is 0 Å². The fourth-order valence-corrected chi connectivity index (χ4v) is 2.84.